The summed E-state index contributed by atoms with van der Waals surface area (Å²) in [6.45, 7) is 5.99. The van der Waals surface area contributed by atoms with Crippen LogP contribution < -0.4 is 4.90 Å². The quantitative estimate of drug-likeness (QED) is 0.696. The van der Waals surface area contributed by atoms with Gasteiger partial charge in [-0.05, 0) is 67.3 Å². The SMILES string of the molecule is CC1CCN(S(=O)(=O)c2ccc(C(=O)N3CCN(c4ccc(Cl)cc4)CC3)cc2)CC1. The Kier molecular flexibility index (Phi) is 6.55. The van der Waals surface area contributed by atoms with E-state index in [0.717, 1.165) is 31.6 Å². The van der Waals surface area contributed by atoms with E-state index in [1.54, 1.807) is 28.6 Å². The average Bonchev–Trinajstić information content (AvgIpc) is 2.80. The Morgan fingerprint density at radius 2 is 1.45 bits per heavy atom. The number of halogens is 1. The smallest absolute Gasteiger partial charge is 0.253 e. The monoisotopic (exact) mass is 461 g/mol. The van der Waals surface area contributed by atoms with Gasteiger partial charge < -0.3 is 9.80 Å². The molecule has 0 bridgehead atoms. The van der Waals surface area contributed by atoms with Gasteiger partial charge in [0.1, 0.15) is 0 Å². The number of amides is 1. The van der Waals surface area contributed by atoms with Crippen molar-refractivity contribution in [2.75, 3.05) is 44.2 Å². The van der Waals surface area contributed by atoms with Crippen molar-refractivity contribution in [1.29, 1.82) is 0 Å². The van der Waals surface area contributed by atoms with Crippen LogP contribution >= 0.6 is 11.6 Å². The predicted molar refractivity (Wildman–Crippen MR) is 123 cm³/mol. The standard InChI is InChI=1S/C23H28ClN3O3S/c1-18-10-12-27(13-11-18)31(29,30)22-8-2-19(3-9-22)23(28)26-16-14-25(15-17-26)21-6-4-20(24)5-7-21/h2-9,18H,10-17H2,1H3. The van der Waals surface area contributed by atoms with Crippen LogP contribution in [0.15, 0.2) is 53.4 Å². The molecule has 0 atom stereocenters. The van der Waals surface area contributed by atoms with Gasteiger partial charge in [-0.3, -0.25) is 4.79 Å². The van der Waals surface area contributed by atoms with Gasteiger partial charge in [0.05, 0.1) is 4.90 Å². The van der Waals surface area contributed by atoms with Crippen LogP contribution in [-0.4, -0.2) is 62.8 Å². The van der Waals surface area contributed by atoms with Crippen molar-refractivity contribution in [3.05, 3.63) is 59.1 Å². The van der Waals surface area contributed by atoms with Crippen LogP contribution in [0.3, 0.4) is 0 Å². The summed E-state index contributed by atoms with van der Waals surface area (Å²) in [5.74, 6) is 0.498. The van der Waals surface area contributed by atoms with E-state index >= 15 is 0 Å². The minimum atomic E-state index is -3.50. The van der Waals surface area contributed by atoms with E-state index < -0.39 is 10.0 Å². The highest BCUT2D eigenvalue weighted by Gasteiger charge is 2.28. The number of anilines is 1. The predicted octanol–water partition coefficient (Wildman–Crippen LogP) is 3.72. The zero-order valence-electron chi connectivity index (χ0n) is 17.7. The van der Waals surface area contributed by atoms with Gasteiger partial charge >= 0.3 is 0 Å². The van der Waals surface area contributed by atoms with Crippen molar-refractivity contribution in [2.45, 2.75) is 24.7 Å². The zero-order valence-corrected chi connectivity index (χ0v) is 19.3. The van der Waals surface area contributed by atoms with Crippen molar-refractivity contribution >= 4 is 33.2 Å². The van der Waals surface area contributed by atoms with E-state index in [1.165, 1.54) is 0 Å². The normalized spacial score (nSPS) is 18.9. The molecule has 2 aromatic carbocycles. The third kappa shape index (κ3) is 4.89. The summed E-state index contributed by atoms with van der Waals surface area (Å²) < 4.78 is 27.3. The van der Waals surface area contributed by atoms with Crippen molar-refractivity contribution in [3.8, 4) is 0 Å². The second-order valence-electron chi connectivity index (χ2n) is 8.37. The summed E-state index contributed by atoms with van der Waals surface area (Å²) in [7, 11) is -3.50. The first-order chi connectivity index (χ1) is 14.8. The minimum Gasteiger partial charge on any atom is -0.368 e. The molecule has 1 amide bonds. The van der Waals surface area contributed by atoms with Gasteiger partial charge in [-0.25, -0.2) is 8.42 Å². The molecular weight excluding hydrogens is 434 g/mol. The third-order valence-corrected chi connectivity index (χ3v) is 8.41. The van der Waals surface area contributed by atoms with Crippen molar-refractivity contribution in [3.63, 3.8) is 0 Å². The molecule has 31 heavy (non-hydrogen) atoms. The van der Waals surface area contributed by atoms with Gasteiger partial charge in [0.15, 0.2) is 0 Å². The lowest BCUT2D eigenvalue weighted by molar-refractivity contribution is 0.0746. The van der Waals surface area contributed by atoms with E-state index in [1.807, 2.05) is 29.2 Å². The summed E-state index contributed by atoms with van der Waals surface area (Å²) >= 11 is 5.96. The first-order valence-electron chi connectivity index (χ1n) is 10.7. The van der Waals surface area contributed by atoms with Gasteiger partial charge in [-0.2, -0.15) is 4.31 Å². The molecule has 0 spiro atoms. The Morgan fingerprint density at radius 3 is 2.03 bits per heavy atom. The number of sulfonamides is 1. The highest BCUT2D eigenvalue weighted by molar-refractivity contribution is 7.89. The lowest BCUT2D eigenvalue weighted by Gasteiger charge is -2.36. The van der Waals surface area contributed by atoms with Crippen molar-refractivity contribution < 1.29 is 13.2 Å². The fraction of sp³-hybridized carbons (Fsp3) is 0.435. The maximum absolute atomic E-state index is 12.9. The molecule has 0 radical (unpaired) electrons. The fourth-order valence-electron chi connectivity index (χ4n) is 4.15. The topological polar surface area (TPSA) is 60.9 Å². The Morgan fingerprint density at radius 1 is 0.871 bits per heavy atom. The van der Waals surface area contributed by atoms with Crippen LogP contribution in [0.1, 0.15) is 30.1 Å². The van der Waals surface area contributed by atoms with Gasteiger partial charge in [-0.1, -0.05) is 18.5 Å². The summed E-state index contributed by atoms with van der Waals surface area (Å²) in [4.78, 5) is 17.2. The van der Waals surface area contributed by atoms with E-state index in [2.05, 4.69) is 11.8 Å². The van der Waals surface area contributed by atoms with E-state index in [0.29, 0.717) is 42.7 Å². The molecule has 0 aromatic heterocycles. The number of rotatable bonds is 4. The molecule has 0 unspecified atom stereocenters. The van der Waals surface area contributed by atoms with Gasteiger partial charge in [0.25, 0.3) is 5.91 Å². The van der Waals surface area contributed by atoms with Crippen molar-refractivity contribution in [1.82, 2.24) is 9.21 Å². The Balaban J connectivity index is 1.38. The third-order valence-electron chi connectivity index (χ3n) is 6.24. The van der Waals surface area contributed by atoms with Gasteiger partial charge in [-0.15, -0.1) is 0 Å². The molecule has 2 heterocycles. The first-order valence-corrected chi connectivity index (χ1v) is 12.6. The fourth-order valence-corrected chi connectivity index (χ4v) is 5.74. The zero-order chi connectivity index (χ0) is 22.0. The van der Waals surface area contributed by atoms with Crippen molar-refractivity contribution in [2.24, 2.45) is 5.92 Å². The molecule has 2 aliphatic rings. The Labute approximate surface area is 189 Å². The number of benzene rings is 2. The second kappa shape index (κ2) is 9.18. The molecule has 0 saturated carbocycles. The maximum Gasteiger partial charge on any atom is 0.253 e. The first kappa shape index (κ1) is 22.1. The molecular formula is C23H28ClN3O3S. The van der Waals surface area contributed by atoms with E-state index in [9.17, 15) is 13.2 Å². The number of hydrogen-bond donors (Lipinski definition) is 0. The largest absolute Gasteiger partial charge is 0.368 e. The molecule has 2 fully saturated rings. The van der Waals surface area contributed by atoms with Crippen LogP contribution in [0, 0.1) is 5.92 Å². The van der Waals surface area contributed by atoms with Crippen LogP contribution in [0.2, 0.25) is 5.02 Å². The molecule has 166 valence electrons. The highest BCUT2D eigenvalue weighted by atomic mass is 35.5. The number of nitrogens with zero attached hydrogens (tertiary/aromatic N) is 3. The summed E-state index contributed by atoms with van der Waals surface area (Å²) in [6.07, 6.45) is 1.77. The summed E-state index contributed by atoms with van der Waals surface area (Å²) in [5.41, 5.74) is 1.62. The lowest BCUT2D eigenvalue weighted by Crippen LogP contribution is -2.48. The van der Waals surface area contributed by atoms with Gasteiger partial charge in [0.2, 0.25) is 10.0 Å². The lowest BCUT2D eigenvalue weighted by atomic mass is 10.0. The molecule has 0 aliphatic carbocycles. The van der Waals surface area contributed by atoms with E-state index in [-0.39, 0.29) is 10.8 Å². The molecule has 4 rings (SSSR count). The number of hydrogen-bond acceptors (Lipinski definition) is 4. The number of piperidine rings is 1. The minimum absolute atomic E-state index is 0.0634. The van der Waals surface area contributed by atoms with Gasteiger partial charge in [0, 0.05) is 55.5 Å². The molecule has 2 aliphatic heterocycles. The van der Waals surface area contributed by atoms with Crippen LogP contribution in [0.5, 0.6) is 0 Å². The number of piperazine rings is 1. The van der Waals surface area contributed by atoms with Crippen LogP contribution in [-0.2, 0) is 10.0 Å². The number of carbonyl (C=O) groups excluding carboxylic acids is 1. The second-order valence-corrected chi connectivity index (χ2v) is 10.7. The molecule has 2 saturated heterocycles. The Hall–Kier alpha value is -2.09. The summed E-state index contributed by atoms with van der Waals surface area (Å²) in [6, 6.07) is 14.1. The average molecular weight is 462 g/mol. The molecule has 2 aromatic rings. The number of carbonyl (C=O) groups is 1. The summed E-state index contributed by atoms with van der Waals surface area (Å²) in [5, 5.41) is 0.706. The molecule has 0 N–H and O–H groups in total. The highest BCUT2D eigenvalue weighted by Crippen LogP contribution is 2.24. The van der Waals surface area contributed by atoms with E-state index in [4.69, 9.17) is 11.6 Å². The van der Waals surface area contributed by atoms with Crippen LogP contribution in [0.25, 0.3) is 0 Å². The van der Waals surface area contributed by atoms with Crippen LogP contribution in [0.4, 0.5) is 5.69 Å². The Bertz CT molecular complexity index is 1010. The molecule has 8 heteroatoms. The molecule has 6 nitrogen and oxygen atoms in total. The maximum atomic E-state index is 12.9.